The predicted molar refractivity (Wildman–Crippen MR) is 95.8 cm³/mol. The normalized spacial score (nSPS) is 10.7. The van der Waals surface area contributed by atoms with Crippen LogP contribution in [0.4, 0.5) is 0 Å². The summed E-state index contributed by atoms with van der Waals surface area (Å²) >= 11 is 13.0. The monoisotopic (exact) mass is 438 g/mol. The Morgan fingerprint density at radius 2 is 1.77 bits per heavy atom. The Balaban J connectivity index is 1.98. The number of fused-ring (bicyclic) bond motifs is 1. The molecule has 0 fully saturated rings. The highest BCUT2D eigenvalue weighted by Crippen LogP contribution is 2.35. The molecule has 0 bridgehead atoms. The third-order valence-electron chi connectivity index (χ3n) is 3.18. The minimum Gasteiger partial charge on any atom is -0.422 e. The molecule has 3 rings (SSSR count). The number of carbonyl (C=O) groups is 1. The number of hydrogen-bond donors (Lipinski definition) is 0. The average Bonchev–Trinajstić information content (AvgIpc) is 2.50. The van der Waals surface area contributed by atoms with Crippen LogP contribution in [0.5, 0.6) is 5.75 Å². The molecule has 0 radical (unpaired) electrons. The van der Waals surface area contributed by atoms with Gasteiger partial charge in [0.15, 0.2) is 0 Å². The van der Waals surface area contributed by atoms with Crippen molar-refractivity contribution in [2.75, 3.05) is 0 Å². The molecule has 0 amide bonds. The molecule has 0 aliphatic rings. The van der Waals surface area contributed by atoms with E-state index in [-0.39, 0.29) is 0 Å². The van der Waals surface area contributed by atoms with Gasteiger partial charge in [-0.2, -0.15) is 0 Å². The van der Waals surface area contributed by atoms with E-state index in [1.54, 1.807) is 30.3 Å². The van der Waals surface area contributed by atoms with E-state index in [9.17, 15) is 4.79 Å². The van der Waals surface area contributed by atoms with E-state index in [4.69, 9.17) is 16.3 Å². The van der Waals surface area contributed by atoms with Crippen LogP contribution in [-0.4, -0.2) is 5.97 Å². The molecule has 0 aliphatic heterocycles. The summed E-state index contributed by atoms with van der Waals surface area (Å²) in [4.78, 5) is 12.2. The molecule has 0 heterocycles. The third-order valence-corrected chi connectivity index (χ3v) is 4.82. The highest BCUT2D eigenvalue weighted by atomic mass is 79.9. The van der Waals surface area contributed by atoms with Crippen molar-refractivity contribution < 1.29 is 9.53 Å². The second-order valence-corrected chi connectivity index (χ2v) is 6.73. The van der Waals surface area contributed by atoms with Gasteiger partial charge in [0.2, 0.25) is 0 Å². The van der Waals surface area contributed by atoms with Gasteiger partial charge in [-0.25, -0.2) is 4.79 Å². The standard InChI is InChI=1S/C17H9Br2ClO2/c18-11-6-7-12-10(9-11)5-8-15(16(12)19)22-17(21)13-3-1-2-4-14(13)20/h1-9H. The summed E-state index contributed by atoms with van der Waals surface area (Å²) in [6.45, 7) is 0. The van der Waals surface area contributed by atoms with Gasteiger partial charge >= 0.3 is 5.97 Å². The Kier molecular flexibility index (Phi) is 4.52. The molecule has 0 saturated carbocycles. The molecule has 0 aliphatic carbocycles. The molecule has 22 heavy (non-hydrogen) atoms. The topological polar surface area (TPSA) is 26.3 Å². The fourth-order valence-corrected chi connectivity index (χ4v) is 3.27. The molecule has 5 heteroatoms. The number of esters is 1. The van der Waals surface area contributed by atoms with Crippen LogP contribution in [0.1, 0.15) is 10.4 Å². The first-order valence-electron chi connectivity index (χ1n) is 6.41. The van der Waals surface area contributed by atoms with E-state index in [0.717, 1.165) is 19.7 Å². The summed E-state index contributed by atoms with van der Waals surface area (Å²) in [6, 6.07) is 16.4. The van der Waals surface area contributed by atoms with Gasteiger partial charge in [0.05, 0.1) is 15.1 Å². The largest absolute Gasteiger partial charge is 0.422 e. The molecule has 2 nitrogen and oxygen atoms in total. The Morgan fingerprint density at radius 3 is 2.55 bits per heavy atom. The van der Waals surface area contributed by atoms with Crippen molar-refractivity contribution in [1.82, 2.24) is 0 Å². The van der Waals surface area contributed by atoms with Crippen LogP contribution in [0.2, 0.25) is 5.02 Å². The number of rotatable bonds is 2. The van der Waals surface area contributed by atoms with E-state index >= 15 is 0 Å². The van der Waals surface area contributed by atoms with Crippen molar-refractivity contribution in [2.45, 2.75) is 0 Å². The van der Waals surface area contributed by atoms with Crippen molar-refractivity contribution in [3.05, 3.63) is 74.1 Å². The zero-order chi connectivity index (χ0) is 15.7. The zero-order valence-electron chi connectivity index (χ0n) is 11.1. The Labute approximate surface area is 149 Å². The van der Waals surface area contributed by atoms with Crippen molar-refractivity contribution in [1.29, 1.82) is 0 Å². The summed E-state index contributed by atoms with van der Waals surface area (Å²) in [6.07, 6.45) is 0. The molecular formula is C17H9Br2ClO2. The summed E-state index contributed by atoms with van der Waals surface area (Å²) in [7, 11) is 0. The summed E-state index contributed by atoms with van der Waals surface area (Å²) in [5.74, 6) is -0.0255. The maximum atomic E-state index is 12.2. The van der Waals surface area contributed by atoms with Gasteiger partial charge in [-0.15, -0.1) is 0 Å². The van der Waals surface area contributed by atoms with Gasteiger partial charge < -0.3 is 4.74 Å². The first kappa shape index (κ1) is 15.5. The lowest BCUT2D eigenvalue weighted by Crippen LogP contribution is -2.09. The van der Waals surface area contributed by atoms with Crippen molar-refractivity contribution in [3.63, 3.8) is 0 Å². The Bertz CT molecular complexity index is 878. The summed E-state index contributed by atoms with van der Waals surface area (Å²) < 4.78 is 7.20. The van der Waals surface area contributed by atoms with E-state index in [2.05, 4.69) is 31.9 Å². The van der Waals surface area contributed by atoms with Crippen LogP contribution in [0.15, 0.2) is 63.5 Å². The molecule has 110 valence electrons. The second-order valence-electron chi connectivity index (χ2n) is 4.61. The van der Waals surface area contributed by atoms with Crippen LogP contribution < -0.4 is 4.74 Å². The lowest BCUT2D eigenvalue weighted by molar-refractivity contribution is 0.0734. The fourth-order valence-electron chi connectivity index (χ4n) is 2.10. The lowest BCUT2D eigenvalue weighted by Gasteiger charge is -2.10. The van der Waals surface area contributed by atoms with Gasteiger partial charge in [0.1, 0.15) is 5.75 Å². The predicted octanol–water partition coefficient (Wildman–Crippen LogP) is 6.24. The fraction of sp³-hybridized carbons (Fsp3) is 0. The summed E-state index contributed by atoms with van der Waals surface area (Å²) in [5, 5.41) is 2.37. The minimum atomic E-state index is -0.484. The SMILES string of the molecule is O=C(Oc1ccc2cc(Br)ccc2c1Br)c1ccccc1Cl. The van der Waals surface area contributed by atoms with Crippen molar-refractivity contribution in [3.8, 4) is 5.75 Å². The molecule has 0 aromatic heterocycles. The Hall–Kier alpha value is -1.36. The number of halogens is 3. The highest BCUT2D eigenvalue weighted by Gasteiger charge is 2.15. The highest BCUT2D eigenvalue weighted by molar-refractivity contribution is 9.11. The summed E-state index contributed by atoms with van der Waals surface area (Å²) in [5.41, 5.74) is 0.340. The number of carbonyl (C=O) groups excluding carboxylic acids is 1. The van der Waals surface area contributed by atoms with E-state index in [0.29, 0.717) is 16.3 Å². The maximum Gasteiger partial charge on any atom is 0.345 e. The molecule has 0 unspecified atom stereocenters. The maximum absolute atomic E-state index is 12.2. The molecule has 0 atom stereocenters. The second kappa shape index (κ2) is 6.41. The van der Waals surface area contributed by atoms with Gasteiger partial charge in [-0.1, -0.05) is 51.8 Å². The van der Waals surface area contributed by atoms with Gasteiger partial charge in [-0.3, -0.25) is 0 Å². The average molecular weight is 441 g/mol. The van der Waals surface area contributed by atoms with Gasteiger partial charge in [-0.05, 0) is 57.0 Å². The quantitative estimate of drug-likeness (QED) is 0.348. The van der Waals surface area contributed by atoms with E-state index in [1.165, 1.54) is 0 Å². The third kappa shape index (κ3) is 3.05. The van der Waals surface area contributed by atoms with Crippen LogP contribution >= 0.6 is 43.5 Å². The molecule has 3 aromatic rings. The smallest absolute Gasteiger partial charge is 0.345 e. The zero-order valence-corrected chi connectivity index (χ0v) is 15.1. The molecule has 0 saturated heterocycles. The van der Waals surface area contributed by atoms with Crippen LogP contribution in [-0.2, 0) is 0 Å². The van der Waals surface area contributed by atoms with E-state index < -0.39 is 5.97 Å². The first-order valence-corrected chi connectivity index (χ1v) is 8.37. The van der Waals surface area contributed by atoms with Gasteiger partial charge in [0, 0.05) is 4.47 Å². The van der Waals surface area contributed by atoms with E-state index in [1.807, 2.05) is 24.3 Å². The molecule has 0 N–H and O–H groups in total. The first-order chi connectivity index (χ1) is 10.6. The molecule has 3 aromatic carbocycles. The van der Waals surface area contributed by atoms with Gasteiger partial charge in [0.25, 0.3) is 0 Å². The number of benzene rings is 3. The number of ether oxygens (including phenoxy) is 1. The molecular weight excluding hydrogens is 431 g/mol. The molecule has 0 spiro atoms. The van der Waals surface area contributed by atoms with Crippen molar-refractivity contribution in [2.24, 2.45) is 0 Å². The number of hydrogen-bond acceptors (Lipinski definition) is 2. The minimum absolute atomic E-state index is 0.340. The van der Waals surface area contributed by atoms with Crippen LogP contribution in [0.3, 0.4) is 0 Å². The van der Waals surface area contributed by atoms with Crippen LogP contribution in [0.25, 0.3) is 10.8 Å². The Morgan fingerprint density at radius 1 is 1.00 bits per heavy atom. The van der Waals surface area contributed by atoms with Crippen molar-refractivity contribution >= 4 is 60.2 Å². The van der Waals surface area contributed by atoms with Crippen LogP contribution in [0, 0.1) is 0 Å². The lowest BCUT2D eigenvalue weighted by atomic mass is 10.1.